The summed E-state index contributed by atoms with van der Waals surface area (Å²) in [6.07, 6.45) is 1.88. The number of ether oxygens (including phenoxy) is 1. The maximum atomic E-state index is 12.2. The number of likely N-dealkylation sites (tertiary alicyclic amines) is 1. The van der Waals surface area contributed by atoms with Crippen LogP contribution < -0.4 is 10.3 Å². The number of carbonyl (C=O) groups excluding carboxylic acids is 1. The number of hydrogen-bond acceptors (Lipinski definition) is 5. The van der Waals surface area contributed by atoms with Crippen LogP contribution in [0, 0.1) is 0 Å². The number of carbonyl (C=O) groups is 1. The van der Waals surface area contributed by atoms with Crippen LogP contribution in [-0.2, 0) is 9.53 Å². The minimum Gasteiger partial charge on any atom is -0.380 e. The molecule has 2 aliphatic rings. The number of amides is 1. The zero-order chi connectivity index (χ0) is 17.1. The summed E-state index contributed by atoms with van der Waals surface area (Å²) in [4.78, 5) is 14.3. The summed E-state index contributed by atoms with van der Waals surface area (Å²) in [7, 11) is 1.71. The summed E-state index contributed by atoms with van der Waals surface area (Å²) in [5.74, 6) is 0.634. The Labute approximate surface area is 151 Å². The lowest BCUT2D eigenvalue weighted by molar-refractivity contribution is -0.120. The van der Waals surface area contributed by atoms with Crippen molar-refractivity contribution in [2.75, 3.05) is 38.3 Å². The van der Waals surface area contributed by atoms with Gasteiger partial charge in [-0.3, -0.25) is 14.7 Å². The number of amidine groups is 1. The minimum atomic E-state index is -0.0403. The Kier molecular flexibility index (Phi) is 5.61. The molecular weight excluding hydrogens is 351 g/mol. The van der Waals surface area contributed by atoms with Crippen LogP contribution in [0.25, 0.3) is 0 Å². The van der Waals surface area contributed by atoms with Crippen molar-refractivity contribution < 1.29 is 9.53 Å². The van der Waals surface area contributed by atoms with Gasteiger partial charge in [-0.2, -0.15) is 5.10 Å². The van der Waals surface area contributed by atoms with Crippen LogP contribution in [-0.4, -0.2) is 56.0 Å². The van der Waals surface area contributed by atoms with Gasteiger partial charge in [-0.1, -0.05) is 23.2 Å². The molecule has 1 saturated heterocycles. The third-order valence-electron chi connectivity index (χ3n) is 4.22. The van der Waals surface area contributed by atoms with Crippen LogP contribution in [0.5, 0.6) is 0 Å². The summed E-state index contributed by atoms with van der Waals surface area (Å²) < 4.78 is 5.31. The minimum absolute atomic E-state index is 0.0403. The van der Waals surface area contributed by atoms with Crippen LogP contribution in [0.15, 0.2) is 23.3 Å². The molecule has 0 saturated carbocycles. The van der Waals surface area contributed by atoms with Crippen molar-refractivity contribution in [3.05, 3.63) is 28.2 Å². The van der Waals surface area contributed by atoms with Crippen molar-refractivity contribution in [2.24, 2.45) is 5.10 Å². The molecule has 2 heterocycles. The maximum Gasteiger partial charge on any atom is 0.239 e. The predicted molar refractivity (Wildman–Crippen MR) is 95.9 cm³/mol. The van der Waals surface area contributed by atoms with E-state index >= 15 is 0 Å². The fourth-order valence-corrected chi connectivity index (χ4v) is 3.21. The summed E-state index contributed by atoms with van der Waals surface area (Å²) in [5, 5.41) is 10.2. The molecule has 3 rings (SSSR count). The second-order valence-electron chi connectivity index (χ2n) is 5.95. The lowest BCUT2D eigenvalue weighted by Crippen LogP contribution is -2.39. The lowest BCUT2D eigenvalue weighted by Gasteiger charge is -2.15. The fraction of sp³-hybridized carbons (Fsp3) is 0.500. The Balaban J connectivity index is 1.54. The van der Waals surface area contributed by atoms with E-state index in [0.29, 0.717) is 35.4 Å². The average molecular weight is 371 g/mol. The quantitative estimate of drug-likeness (QED) is 0.883. The van der Waals surface area contributed by atoms with Gasteiger partial charge in [0.1, 0.15) is 5.84 Å². The van der Waals surface area contributed by atoms with Crippen LogP contribution in [0.3, 0.4) is 0 Å². The van der Waals surface area contributed by atoms with Gasteiger partial charge < -0.3 is 10.1 Å². The number of nitrogens with one attached hydrogen (secondary N) is 1. The van der Waals surface area contributed by atoms with E-state index in [4.69, 9.17) is 27.9 Å². The maximum absolute atomic E-state index is 12.2. The summed E-state index contributed by atoms with van der Waals surface area (Å²) in [6.45, 7) is 2.74. The van der Waals surface area contributed by atoms with E-state index in [2.05, 4.69) is 15.3 Å². The van der Waals surface area contributed by atoms with Gasteiger partial charge in [0.2, 0.25) is 5.91 Å². The first-order valence-electron chi connectivity index (χ1n) is 7.90. The van der Waals surface area contributed by atoms with Gasteiger partial charge >= 0.3 is 0 Å². The molecule has 1 aromatic carbocycles. The van der Waals surface area contributed by atoms with Gasteiger partial charge in [-0.25, -0.2) is 0 Å². The van der Waals surface area contributed by atoms with Crippen molar-refractivity contribution in [3.63, 3.8) is 0 Å². The number of nitrogens with zero attached hydrogens (tertiary/aromatic N) is 3. The zero-order valence-corrected chi connectivity index (χ0v) is 15.0. The highest BCUT2D eigenvalue weighted by molar-refractivity contribution is 6.42. The Morgan fingerprint density at radius 2 is 2.21 bits per heavy atom. The molecule has 6 nitrogen and oxygen atoms in total. The van der Waals surface area contributed by atoms with Crippen molar-refractivity contribution in [3.8, 4) is 0 Å². The van der Waals surface area contributed by atoms with E-state index in [1.165, 1.54) is 0 Å². The van der Waals surface area contributed by atoms with Gasteiger partial charge in [0, 0.05) is 33.2 Å². The second kappa shape index (κ2) is 7.70. The number of halogens is 2. The zero-order valence-electron chi connectivity index (χ0n) is 13.5. The van der Waals surface area contributed by atoms with Crippen LogP contribution in [0.2, 0.25) is 10.0 Å². The van der Waals surface area contributed by atoms with Gasteiger partial charge in [0.25, 0.3) is 0 Å². The molecular formula is C16H20Cl2N4O2. The number of hydrogen-bond donors (Lipinski definition) is 1. The summed E-state index contributed by atoms with van der Waals surface area (Å²) >= 11 is 12.0. The molecule has 0 radical (unpaired) electrons. The molecule has 1 aromatic rings. The van der Waals surface area contributed by atoms with Gasteiger partial charge in [0.05, 0.1) is 28.4 Å². The normalized spacial score (nSPS) is 21.2. The molecule has 0 aliphatic carbocycles. The largest absolute Gasteiger partial charge is 0.380 e. The van der Waals surface area contributed by atoms with Gasteiger partial charge in [-0.05, 0) is 24.6 Å². The topological polar surface area (TPSA) is 57.2 Å². The van der Waals surface area contributed by atoms with Crippen LogP contribution in [0.1, 0.15) is 12.8 Å². The highest BCUT2D eigenvalue weighted by Gasteiger charge is 2.25. The third-order valence-corrected chi connectivity index (χ3v) is 4.96. The molecule has 1 atom stereocenters. The molecule has 0 spiro atoms. The smallest absolute Gasteiger partial charge is 0.239 e. The molecule has 0 bridgehead atoms. The van der Waals surface area contributed by atoms with Crippen molar-refractivity contribution in [1.29, 1.82) is 0 Å². The Hall–Kier alpha value is -1.34. The Morgan fingerprint density at radius 3 is 2.92 bits per heavy atom. The monoisotopic (exact) mass is 370 g/mol. The molecule has 1 amide bonds. The fourth-order valence-electron chi connectivity index (χ4n) is 2.91. The molecule has 0 aromatic heterocycles. The molecule has 8 heteroatoms. The summed E-state index contributed by atoms with van der Waals surface area (Å²) in [5.41, 5.74) is 0.858. The van der Waals surface area contributed by atoms with Crippen molar-refractivity contribution >= 4 is 40.6 Å². The number of rotatable bonds is 4. The number of anilines is 1. The molecule has 24 heavy (non-hydrogen) atoms. The average Bonchev–Trinajstić information content (AvgIpc) is 3.19. The van der Waals surface area contributed by atoms with E-state index in [1.807, 2.05) is 11.1 Å². The number of methoxy groups -OCH3 is 1. The molecule has 1 N–H and O–H groups in total. The molecule has 2 aliphatic heterocycles. The first kappa shape index (κ1) is 17.5. The van der Waals surface area contributed by atoms with E-state index in [0.717, 1.165) is 25.2 Å². The standard InChI is InChI=1S/C16H20Cl2N4O2/c1-24-12-4-6-21(9-12)10-16(23)19-15-5-7-22(20-15)11-2-3-13(17)14(18)8-11/h2-3,8,12H,4-7,9-10H2,1H3,(H,19,20,23). The Bertz CT molecular complexity index is 653. The van der Waals surface area contributed by atoms with E-state index in [9.17, 15) is 4.79 Å². The SMILES string of the molecule is COC1CCN(CC(=O)NC2=NN(c3ccc(Cl)c(Cl)c3)CC2)C1. The second-order valence-corrected chi connectivity index (χ2v) is 6.76. The highest BCUT2D eigenvalue weighted by Crippen LogP contribution is 2.28. The number of benzene rings is 1. The summed E-state index contributed by atoms with van der Waals surface area (Å²) in [6, 6.07) is 5.37. The van der Waals surface area contributed by atoms with E-state index in [-0.39, 0.29) is 12.0 Å². The molecule has 1 unspecified atom stereocenters. The van der Waals surface area contributed by atoms with Crippen LogP contribution in [0.4, 0.5) is 5.69 Å². The van der Waals surface area contributed by atoms with Crippen molar-refractivity contribution in [2.45, 2.75) is 18.9 Å². The van der Waals surface area contributed by atoms with Gasteiger partial charge in [0.15, 0.2) is 0 Å². The molecule has 130 valence electrons. The van der Waals surface area contributed by atoms with Crippen molar-refractivity contribution in [1.82, 2.24) is 10.2 Å². The molecule has 1 fully saturated rings. The van der Waals surface area contributed by atoms with E-state index < -0.39 is 0 Å². The van der Waals surface area contributed by atoms with E-state index in [1.54, 1.807) is 19.2 Å². The number of hydrazone groups is 1. The lowest BCUT2D eigenvalue weighted by atomic mass is 10.3. The highest BCUT2D eigenvalue weighted by atomic mass is 35.5. The predicted octanol–water partition coefficient (Wildman–Crippen LogP) is 2.35. The third kappa shape index (κ3) is 4.19. The first-order valence-corrected chi connectivity index (χ1v) is 8.66. The van der Waals surface area contributed by atoms with Crippen LogP contribution >= 0.6 is 23.2 Å². The van der Waals surface area contributed by atoms with Gasteiger partial charge in [-0.15, -0.1) is 0 Å². The Morgan fingerprint density at radius 1 is 1.38 bits per heavy atom. The first-order chi connectivity index (χ1) is 11.5.